The summed E-state index contributed by atoms with van der Waals surface area (Å²) in [6.45, 7) is 5.02. The molecule has 0 aliphatic carbocycles. The summed E-state index contributed by atoms with van der Waals surface area (Å²) in [5.74, 6) is -0.361. The Bertz CT molecular complexity index is 897. The molecule has 1 N–H and O–H groups in total. The molecule has 5 nitrogen and oxygen atoms in total. The number of nitrogens with zero attached hydrogens (tertiary/aromatic N) is 1. The Morgan fingerprint density at radius 1 is 1.19 bits per heavy atom. The molecule has 1 aliphatic heterocycles. The second-order valence-corrected chi connectivity index (χ2v) is 9.32. The van der Waals surface area contributed by atoms with E-state index in [4.69, 9.17) is 0 Å². The maximum atomic E-state index is 13.0. The second kappa shape index (κ2) is 7.90. The van der Waals surface area contributed by atoms with Crippen molar-refractivity contribution in [3.63, 3.8) is 0 Å². The molecule has 3 rings (SSSR count). The summed E-state index contributed by atoms with van der Waals surface area (Å²) < 4.78 is 27.4. The van der Waals surface area contributed by atoms with Gasteiger partial charge in [-0.1, -0.05) is 31.5 Å². The first-order valence-electron chi connectivity index (χ1n) is 8.92. The van der Waals surface area contributed by atoms with E-state index in [0.717, 1.165) is 42.5 Å². The fraction of sp³-hybridized carbons (Fsp3) is 0.421. The summed E-state index contributed by atoms with van der Waals surface area (Å²) in [4.78, 5) is 13.2. The Balaban J connectivity index is 1.90. The Kier molecular flexibility index (Phi) is 5.79. The van der Waals surface area contributed by atoms with E-state index in [1.165, 1.54) is 15.6 Å². The van der Waals surface area contributed by atoms with Gasteiger partial charge in [-0.2, -0.15) is 4.31 Å². The Hall–Kier alpha value is -1.70. The molecule has 1 aromatic carbocycles. The van der Waals surface area contributed by atoms with Gasteiger partial charge in [0.15, 0.2) is 0 Å². The molecular formula is C19H24N2O3S2. The topological polar surface area (TPSA) is 66.5 Å². The smallest absolute Gasteiger partial charge is 0.267 e. The maximum Gasteiger partial charge on any atom is 0.267 e. The number of hydrogen-bond acceptors (Lipinski definition) is 4. The Labute approximate surface area is 159 Å². The van der Waals surface area contributed by atoms with Crippen LogP contribution < -0.4 is 5.32 Å². The zero-order valence-electron chi connectivity index (χ0n) is 15.1. The van der Waals surface area contributed by atoms with Crippen LogP contribution in [0, 0.1) is 6.92 Å². The SMILES string of the molecule is CCc1cccc(C)c1NC(=O)c1sccc1S(=O)(=O)N1CCCCC1. The van der Waals surface area contributed by atoms with Crippen molar-refractivity contribution in [3.8, 4) is 0 Å². The Morgan fingerprint density at radius 3 is 2.62 bits per heavy atom. The molecule has 1 aliphatic rings. The number of amides is 1. The van der Waals surface area contributed by atoms with Crippen LogP contribution >= 0.6 is 11.3 Å². The predicted octanol–water partition coefficient (Wildman–Crippen LogP) is 4.05. The number of piperidine rings is 1. The van der Waals surface area contributed by atoms with Gasteiger partial charge in [-0.05, 0) is 48.8 Å². The number of anilines is 1. The predicted molar refractivity (Wildman–Crippen MR) is 105 cm³/mol. The summed E-state index contributed by atoms with van der Waals surface area (Å²) in [6, 6.07) is 7.42. The van der Waals surface area contributed by atoms with E-state index in [-0.39, 0.29) is 15.7 Å². The number of carbonyl (C=O) groups excluding carboxylic acids is 1. The number of benzene rings is 1. The first-order chi connectivity index (χ1) is 12.4. The molecule has 7 heteroatoms. The molecular weight excluding hydrogens is 368 g/mol. The molecule has 2 heterocycles. The lowest BCUT2D eigenvalue weighted by Crippen LogP contribution is -2.36. The standard InChI is InChI=1S/C19H24N2O3S2/c1-3-15-9-7-8-14(2)17(15)20-19(22)18-16(10-13-25-18)26(23,24)21-11-5-4-6-12-21/h7-10,13H,3-6,11-12H2,1-2H3,(H,20,22). The van der Waals surface area contributed by atoms with Crippen molar-refractivity contribution in [1.29, 1.82) is 0 Å². The number of hydrogen-bond donors (Lipinski definition) is 1. The third-order valence-corrected chi connectivity index (χ3v) is 7.73. The summed E-state index contributed by atoms with van der Waals surface area (Å²) in [5.41, 5.74) is 2.78. The van der Waals surface area contributed by atoms with Crippen LogP contribution in [-0.2, 0) is 16.4 Å². The summed E-state index contributed by atoms with van der Waals surface area (Å²) in [5, 5.41) is 4.61. The number of rotatable bonds is 5. The van der Waals surface area contributed by atoms with E-state index in [9.17, 15) is 13.2 Å². The fourth-order valence-electron chi connectivity index (χ4n) is 3.28. The van der Waals surface area contributed by atoms with E-state index in [0.29, 0.717) is 13.1 Å². The highest BCUT2D eigenvalue weighted by atomic mass is 32.2. The van der Waals surface area contributed by atoms with Gasteiger partial charge in [0.2, 0.25) is 10.0 Å². The molecule has 0 saturated carbocycles. The molecule has 2 aromatic rings. The molecule has 140 valence electrons. The third kappa shape index (κ3) is 3.70. The molecule has 0 atom stereocenters. The zero-order valence-corrected chi connectivity index (χ0v) is 16.8. The van der Waals surface area contributed by atoms with E-state index in [1.54, 1.807) is 11.4 Å². The number of carbonyl (C=O) groups is 1. The highest BCUT2D eigenvalue weighted by molar-refractivity contribution is 7.89. The third-order valence-electron chi connectivity index (χ3n) is 4.75. The van der Waals surface area contributed by atoms with Crippen LogP contribution in [0.4, 0.5) is 5.69 Å². The summed E-state index contributed by atoms with van der Waals surface area (Å²) >= 11 is 1.17. The average Bonchev–Trinajstić information content (AvgIpc) is 3.15. The number of nitrogens with one attached hydrogen (secondary N) is 1. The lowest BCUT2D eigenvalue weighted by molar-refractivity contribution is 0.102. The molecule has 1 amide bonds. The average molecular weight is 393 g/mol. The highest BCUT2D eigenvalue weighted by Crippen LogP contribution is 2.29. The highest BCUT2D eigenvalue weighted by Gasteiger charge is 2.31. The van der Waals surface area contributed by atoms with Crippen molar-refractivity contribution in [2.24, 2.45) is 0 Å². The van der Waals surface area contributed by atoms with Crippen LogP contribution in [0.1, 0.15) is 47.0 Å². The fourth-order valence-corrected chi connectivity index (χ4v) is 6.10. The first-order valence-corrected chi connectivity index (χ1v) is 11.2. The lowest BCUT2D eigenvalue weighted by Gasteiger charge is -2.25. The number of sulfonamides is 1. The van der Waals surface area contributed by atoms with Crippen molar-refractivity contribution >= 4 is 33.0 Å². The van der Waals surface area contributed by atoms with E-state index < -0.39 is 10.0 Å². The van der Waals surface area contributed by atoms with Crippen LogP contribution in [-0.4, -0.2) is 31.7 Å². The monoisotopic (exact) mass is 392 g/mol. The van der Waals surface area contributed by atoms with Gasteiger partial charge in [0.05, 0.1) is 0 Å². The van der Waals surface area contributed by atoms with Crippen LogP contribution in [0.5, 0.6) is 0 Å². The number of thiophene rings is 1. The molecule has 0 spiro atoms. The maximum absolute atomic E-state index is 13.0. The van der Waals surface area contributed by atoms with Gasteiger partial charge in [-0.25, -0.2) is 8.42 Å². The van der Waals surface area contributed by atoms with Crippen molar-refractivity contribution in [3.05, 3.63) is 45.6 Å². The van der Waals surface area contributed by atoms with Crippen LogP contribution in [0.3, 0.4) is 0 Å². The minimum Gasteiger partial charge on any atom is -0.321 e. The van der Waals surface area contributed by atoms with Gasteiger partial charge < -0.3 is 5.32 Å². The molecule has 1 saturated heterocycles. The quantitative estimate of drug-likeness (QED) is 0.835. The van der Waals surface area contributed by atoms with Crippen molar-refractivity contribution in [2.75, 3.05) is 18.4 Å². The van der Waals surface area contributed by atoms with Crippen LogP contribution in [0.2, 0.25) is 0 Å². The minimum atomic E-state index is -3.63. The lowest BCUT2D eigenvalue weighted by atomic mass is 10.1. The Morgan fingerprint density at radius 2 is 1.92 bits per heavy atom. The van der Waals surface area contributed by atoms with Gasteiger partial charge in [0.25, 0.3) is 5.91 Å². The second-order valence-electron chi connectivity index (χ2n) is 6.50. The van der Waals surface area contributed by atoms with E-state index >= 15 is 0 Å². The van der Waals surface area contributed by atoms with Gasteiger partial charge in [-0.15, -0.1) is 11.3 Å². The molecule has 26 heavy (non-hydrogen) atoms. The molecule has 1 aromatic heterocycles. The molecule has 0 radical (unpaired) electrons. The summed E-state index contributed by atoms with van der Waals surface area (Å²) in [7, 11) is -3.63. The zero-order chi connectivity index (χ0) is 18.7. The van der Waals surface area contributed by atoms with Crippen molar-refractivity contribution in [2.45, 2.75) is 44.4 Å². The molecule has 0 unspecified atom stereocenters. The van der Waals surface area contributed by atoms with E-state index in [2.05, 4.69) is 5.32 Å². The first kappa shape index (κ1) is 19.1. The summed E-state index contributed by atoms with van der Waals surface area (Å²) in [6.07, 6.45) is 3.58. The molecule has 1 fully saturated rings. The van der Waals surface area contributed by atoms with Crippen molar-refractivity contribution in [1.82, 2.24) is 4.31 Å². The normalized spacial score (nSPS) is 15.8. The van der Waals surface area contributed by atoms with Crippen LogP contribution in [0.25, 0.3) is 0 Å². The van der Waals surface area contributed by atoms with Gasteiger partial charge in [0.1, 0.15) is 9.77 Å². The van der Waals surface area contributed by atoms with Crippen LogP contribution in [0.15, 0.2) is 34.5 Å². The minimum absolute atomic E-state index is 0.119. The van der Waals surface area contributed by atoms with Crippen molar-refractivity contribution < 1.29 is 13.2 Å². The largest absolute Gasteiger partial charge is 0.321 e. The van der Waals surface area contributed by atoms with E-state index in [1.807, 2.05) is 32.0 Å². The van der Waals surface area contributed by atoms with Gasteiger partial charge >= 0.3 is 0 Å². The number of aryl methyl sites for hydroxylation is 2. The van der Waals surface area contributed by atoms with Gasteiger partial charge in [0, 0.05) is 18.8 Å². The van der Waals surface area contributed by atoms with Gasteiger partial charge in [-0.3, -0.25) is 4.79 Å². The number of para-hydroxylation sites is 1. The molecule has 0 bridgehead atoms.